The first-order valence-electron chi connectivity index (χ1n) is 4.65. The molecule has 0 atom stereocenters. The number of hydrogen-bond acceptors (Lipinski definition) is 4. The van der Waals surface area contributed by atoms with Crippen molar-refractivity contribution >= 4 is 17.7 Å². The largest absolute Gasteiger partial charge is 0.462 e. The molecule has 14 heavy (non-hydrogen) atoms. The number of nitrogens with zero attached hydrogens (tertiary/aromatic N) is 1. The summed E-state index contributed by atoms with van der Waals surface area (Å²) in [5, 5.41) is 10.2. The van der Waals surface area contributed by atoms with Gasteiger partial charge >= 0.3 is 5.97 Å². The zero-order valence-corrected chi connectivity index (χ0v) is 9.39. The summed E-state index contributed by atoms with van der Waals surface area (Å²) < 4.78 is 4.71. The molecule has 3 nitrogen and oxygen atoms in total. The lowest BCUT2D eigenvalue weighted by atomic mass is 10.3. The summed E-state index contributed by atoms with van der Waals surface area (Å²) in [4.78, 5) is 11.1. The van der Waals surface area contributed by atoms with Crippen LogP contribution < -0.4 is 0 Å². The molecule has 0 aromatic carbocycles. The van der Waals surface area contributed by atoms with E-state index in [2.05, 4.69) is 6.92 Å². The van der Waals surface area contributed by atoms with Crippen LogP contribution in [0.5, 0.6) is 0 Å². The minimum atomic E-state index is -0.529. The van der Waals surface area contributed by atoms with Crippen LogP contribution in [0.4, 0.5) is 0 Å². The number of rotatable bonds is 6. The molecule has 0 saturated heterocycles. The second-order valence-corrected chi connectivity index (χ2v) is 3.57. The number of carbonyl (C=O) groups excluding carboxylic acids is 1. The van der Waals surface area contributed by atoms with E-state index in [0.717, 1.165) is 18.6 Å². The molecule has 0 N–H and O–H groups in total. The van der Waals surface area contributed by atoms with Crippen molar-refractivity contribution in [2.24, 2.45) is 0 Å². The van der Waals surface area contributed by atoms with Gasteiger partial charge in [-0.15, -0.1) is 11.8 Å². The van der Waals surface area contributed by atoms with Crippen molar-refractivity contribution in [2.75, 3.05) is 12.4 Å². The van der Waals surface area contributed by atoms with Crippen molar-refractivity contribution in [1.82, 2.24) is 0 Å². The highest BCUT2D eigenvalue weighted by Gasteiger charge is 2.08. The van der Waals surface area contributed by atoms with Crippen LogP contribution in [0.3, 0.4) is 0 Å². The van der Waals surface area contributed by atoms with Gasteiger partial charge in [0.2, 0.25) is 0 Å². The summed E-state index contributed by atoms with van der Waals surface area (Å²) >= 11 is 1.48. The Labute approximate surface area is 89.1 Å². The summed E-state index contributed by atoms with van der Waals surface area (Å²) in [7, 11) is 0. The van der Waals surface area contributed by atoms with Crippen LogP contribution in [0, 0.1) is 11.3 Å². The van der Waals surface area contributed by atoms with E-state index in [-0.39, 0.29) is 5.57 Å². The Balaban J connectivity index is 4.00. The Morgan fingerprint density at radius 1 is 1.57 bits per heavy atom. The van der Waals surface area contributed by atoms with E-state index in [0.29, 0.717) is 6.61 Å². The molecule has 0 aliphatic rings. The third-order valence-corrected chi connectivity index (χ3v) is 2.36. The van der Waals surface area contributed by atoms with Gasteiger partial charge in [-0.05, 0) is 24.5 Å². The van der Waals surface area contributed by atoms with E-state index in [1.807, 2.05) is 6.07 Å². The highest BCUT2D eigenvalue weighted by molar-refractivity contribution is 8.02. The Bertz CT molecular complexity index is 243. The number of ether oxygens (including phenoxy) is 1. The second kappa shape index (κ2) is 8.64. The van der Waals surface area contributed by atoms with Gasteiger partial charge in [0.1, 0.15) is 11.6 Å². The van der Waals surface area contributed by atoms with Gasteiger partial charge in [-0.1, -0.05) is 13.3 Å². The van der Waals surface area contributed by atoms with Crippen molar-refractivity contribution < 1.29 is 9.53 Å². The normalized spacial score (nSPS) is 10.8. The van der Waals surface area contributed by atoms with Gasteiger partial charge in [0.25, 0.3) is 0 Å². The van der Waals surface area contributed by atoms with Crippen LogP contribution in [0.1, 0.15) is 26.7 Å². The molecule has 0 bridgehead atoms. The standard InChI is InChI=1S/C10H15NO2S/c1-3-5-6-14-8-9(7-11)10(12)13-4-2/h8H,3-6H2,1-2H3/b9-8-. The SMILES string of the molecule is CCCCS/C=C(/C#N)C(=O)OCC. The lowest BCUT2D eigenvalue weighted by Gasteiger charge is -1.98. The molecule has 0 aromatic heterocycles. The summed E-state index contributed by atoms with van der Waals surface area (Å²) in [6, 6.07) is 1.83. The molecule has 78 valence electrons. The number of unbranched alkanes of at least 4 members (excludes halogenated alkanes) is 1. The monoisotopic (exact) mass is 213 g/mol. The molecule has 0 saturated carbocycles. The van der Waals surface area contributed by atoms with E-state index in [1.54, 1.807) is 12.3 Å². The average Bonchev–Trinajstić information content (AvgIpc) is 2.18. The van der Waals surface area contributed by atoms with Crippen LogP contribution in [0.25, 0.3) is 0 Å². The zero-order chi connectivity index (χ0) is 10.8. The first-order valence-corrected chi connectivity index (χ1v) is 5.70. The average molecular weight is 213 g/mol. The fourth-order valence-corrected chi connectivity index (χ4v) is 1.59. The molecule has 0 rings (SSSR count). The third-order valence-electron chi connectivity index (χ3n) is 1.43. The molecular weight excluding hydrogens is 198 g/mol. The highest BCUT2D eigenvalue weighted by Crippen LogP contribution is 2.10. The molecule has 0 spiro atoms. The fraction of sp³-hybridized carbons (Fsp3) is 0.600. The molecule has 0 fully saturated rings. The molecule has 0 heterocycles. The third kappa shape index (κ3) is 5.65. The number of nitriles is 1. The summed E-state index contributed by atoms with van der Waals surface area (Å²) in [6.07, 6.45) is 2.20. The molecule has 0 radical (unpaired) electrons. The van der Waals surface area contributed by atoms with Crippen molar-refractivity contribution in [3.8, 4) is 6.07 Å². The van der Waals surface area contributed by atoms with Gasteiger partial charge in [-0.2, -0.15) is 5.26 Å². The van der Waals surface area contributed by atoms with E-state index >= 15 is 0 Å². The van der Waals surface area contributed by atoms with Gasteiger partial charge in [0.15, 0.2) is 0 Å². The number of carbonyl (C=O) groups is 1. The van der Waals surface area contributed by atoms with Gasteiger partial charge in [-0.25, -0.2) is 4.79 Å². The molecule has 0 aliphatic carbocycles. The van der Waals surface area contributed by atoms with E-state index in [1.165, 1.54) is 11.8 Å². The van der Waals surface area contributed by atoms with Gasteiger partial charge < -0.3 is 4.74 Å². The molecule has 0 aliphatic heterocycles. The zero-order valence-electron chi connectivity index (χ0n) is 8.58. The van der Waals surface area contributed by atoms with Crippen molar-refractivity contribution in [2.45, 2.75) is 26.7 Å². The summed E-state index contributed by atoms with van der Waals surface area (Å²) in [5.74, 6) is 0.403. The minimum Gasteiger partial charge on any atom is -0.462 e. The number of hydrogen-bond donors (Lipinski definition) is 0. The van der Waals surface area contributed by atoms with E-state index < -0.39 is 5.97 Å². The maximum absolute atomic E-state index is 11.1. The maximum Gasteiger partial charge on any atom is 0.349 e. The maximum atomic E-state index is 11.1. The summed E-state index contributed by atoms with van der Waals surface area (Å²) in [5.41, 5.74) is 0.0907. The first kappa shape index (κ1) is 13.1. The van der Waals surface area contributed by atoms with Gasteiger partial charge in [0, 0.05) is 0 Å². The predicted molar refractivity (Wildman–Crippen MR) is 57.7 cm³/mol. The highest BCUT2D eigenvalue weighted by atomic mass is 32.2. The van der Waals surface area contributed by atoms with Crippen molar-refractivity contribution in [3.63, 3.8) is 0 Å². The van der Waals surface area contributed by atoms with Gasteiger partial charge in [-0.3, -0.25) is 0 Å². The van der Waals surface area contributed by atoms with Crippen molar-refractivity contribution in [1.29, 1.82) is 5.26 Å². The Morgan fingerprint density at radius 2 is 2.29 bits per heavy atom. The Kier molecular flexibility index (Phi) is 8.05. The lowest BCUT2D eigenvalue weighted by Crippen LogP contribution is -2.05. The molecule has 0 unspecified atom stereocenters. The lowest BCUT2D eigenvalue weighted by molar-refractivity contribution is -0.137. The minimum absolute atomic E-state index is 0.0907. The van der Waals surface area contributed by atoms with Gasteiger partial charge in [0.05, 0.1) is 6.61 Å². The van der Waals surface area contributed by atoms with E-state index in [9.17, 15) is 4.79 Å². The van der Waals surface area contributed by atoms with Crippen LogP contribution in [-0.2, 0) is 9.53 Å². The molecule has 4 heteroatoms. The van der Waals surface area contributed by atoms with Crippen LogP contribution in [-0.4, -0.2) is 18.3 Å². The van der Waals surface area contributed by atoms with Crippen LogP contribution in [0.15, 0.2) is 11.0 Å². The van der Waals surface area contributed by atoms with Crippen LogP contribution in [0.2, 0.25) is 0 Å². The Morgan fingerprint density at radius 3 is 2.79 bits per heavy atom. The van der Waals surface area contributed by atoms with Crippen LogP contribution >= 0.6 is 11.8 Å². The fourth-order valence-electron chi connectivity index (χ4n) is 0.699. The van der Waals surface area contributed by atoms with Crippen molar-refractivity contribution in [3.05, 3.63) is 11.0 Å². The number of esters is 1. The predicted octanol–water partition coefficient (Wildman–Crippen LogP) is 2.49. The van der Waals surface area contributed by atoms with E-state index in [4.69, 9.17) is 10.00 Å². The molecular formula is C10H15NO2S. The summed E-state index contributed by atoms with van der Waals surface area (Å²) in [6.45, 7) is 4.12. The number of thioether (sulfide) groups is 1. The smallest absolute Gasteiger partial charge is 0.349 e. The first-order chi connectivity index (χ1) is 6.76. The molecule has 0 amide bonds. The Hall–Kier alpha value is -0.950. The second-order valence-electron chi connectivity index (χ2n) is 2.59. The quantitative estimate of drug-likeness (QED) is 0.294. The molecule has 0 aromatic rings. The topological polar surface area (TPSA) is 50.1 Å².